The Morgan fingerprint density at radius 3 is 1.50 bits per heavy atom. The predicted octanol–water partition coefficient (Wildman–Crippen LogP) is 3.14. The van der Waals surface area contributed by atoms with Crippen LogP contribution >= 0.6 is 0 Å². The zero-order chi connectivity index (χ0) is 9.14. The molecule has 2 rings (SSSR count). The average molecular weight is 164 g/mol. The summed E-state index contributed by atoms with van der Waals surface area (Å²) in [6, 6.07) is 0. The maximum absolute atomic E-state index is 3.20. The number of nitrogens with one attached hydrogen (secondary N) is 2. The number of hydrogen-bond acceptors (Lipinski definition) is 0. The van der Waals surface area contributed by atoms with E-state index in [1.807, 2.05) is 26.2 Å². The first-order chi connectivity index (χ1) is 5.79. The summed E-state index contributed by atoms with van der Waals surface area (Å²) < 4.78 is 0. The van der Waals surface area contributed by atoms with Crippen molar-refractivity contribution in [3.63, 3.8) is 0 Å². The van der Waals surface area contributed by atoms with Crippen LogP contribution in [-0.4, -0.2) is 9.97 Å². The molecule has 0 spiro atoms. The molecule has 0 aliphatic rings. The van der Waals surface area contributed by atoms with Crippen LogP contribution in [0.5, 0.6) is 0 Å². The highest BCUT2D eigenvalue weighted by molar-refractivity contribution is 5.82. The van der Waals surface area contributed by atoms with Gasteiger partial charge >= 0.3 is 0 Å². The molecule has 0 amide bonds. The SMILES string of the molecule is CC.Cc1c[nH]c2c(C)c[nH]c12. The van der Waals surface area contributed by atoms with E-state index in [2.05, 4.69) is 23.8 Å². The molecule has 2 aromatic heterocycles. The number of rotatable bonds is 0. The van der Waals surface area contributed by atoms with Gasteiger partial charge in [-0.3, -0.25) is 0 Å². The van der Waals surface area contributed by atoms with Crippen molar-refractivity contribution >= 4 is 11.0 Å². The van der Waals surface area contributed by atoms with E-state index >= 15 is 0 Å². The largest absolute Gasteiger partial charge is 0.359 e. The maximum atomic E-state index is 3.20. The Hall–Kier alpha value is -1.18. The summed E-state index contributed by atoms with van der Waals surface area (Å²) in [7, 11) is 0. The Labute approximate surface area is 73.0 Å². The van der Waals surface area contributed by atoms with E-state index < -0.39 is 0 Å². The second-order valence-electron chi connectivity index (χ2n) is 2.69. The minimum atomic E-state index is 1.23. The zero-order valence-corrected chi connectivity index (χ0v) is 8.15. The number of hydrogen-bond donors (Lipinski definition) is 2. The van der Waals surface area contributed by atoms with Gasteiger partial charge in [0.05, 0.1) is 11.0 Å². The topological polar surface area (TPSA) is 31.6 Å². The molecule has 0 unspecified atom stereocenters. The first-order valence-corrected chi connectivity index (χ1v) is 4.40. The maximum Gasteiger partial charge on any atom is 0.0666 e. The van der Waals surface area contributed by atoms with Crippen LogP contribution in [0.15, 0.2) is 12.4 Å². The molecular formula is C10H16N2. The Balaban J connectivity index is 0.000000336. The molecule has 2 aromatic rings. The third-order valence-electron chi connectivity index (χ3n) is 1.90. The van der Waals surface area contributed by atoms with Crippen LogP contribution < -0.4 is 0 Å². The Morgan fingerprint density at radius 1 is 0.833 bits per heavy atom. The van der Waals surface area contributed by atoms with Crippen LogP contribution in [0.1, 0.15) is 25.0 Å². The molecule has 0 aliphatic heterocycles. The highest BCUT2D eigenvalue weighted by Gasteiger charge is 2.01. The highest BCUT2D eigenvalue weighted by atomic mass is 14.8. The lowest BCUT2D eigenvalue weighted by molar-refractivity contribution is 1.35. The number of aromatic amines is 2. The quantitative estimate of drug-likeness (QED) is 0.599. The Morgan fingerprint density at radius 2 is 1.17 bits per heavy atom. The van der Waals surface area contributed by atoms with Crippen molar-refractivity contribution in [1.82, 2.24) is 9.97 Å². The van der Waals surface area contributed by atoms with Crippen molar-refractivity contribution in [3.05, 3.63) is 23.5 Å². The van der Waals surface area contributed by atoms with Crippen molar-refractivity contribution in [2.75, 3.05) is 0 Å². The number of aryl methyl sites for hydroxylation is 2. The highest BCUT2D eigenvalue weighted by Crippen LogP contribution is 2.18. The Kier molecular flexibility index (Phi) is 2.58. The second kappa shape index (κ2) is 3.48. The molecule has 2 nitrogen and oxygen atoms in total. The molecule has 12 heavy (non-hydrogen) atoms. The fourth-order valence-electron chi connectivity index (χ4n) is 1.27. The third kappa shape index (κ3) is 1.24. The third-order valence-corrected chi connectivity index (χ3v) is 1.90. The lowest BCUT2D eigenvalue weighted by Crippen LogP contribution is -1.62. The fraction of sp³-hybridized carbons (Fsp3) is 0.400. The summed E-state index contributed by atoms with van der Waals surface area (Å²) in [6.07, 6.45) is 4.04. The van der Waals surface area contributed by atoms with Gasteiger partial charge in [0, 0.05) is 12.4 Å². The van der Waals surface area contributed by atoms with Gasteiger partial charge in [-0.05, 0) is 25.0 Å². The van der Waals surface area contributed by atoms with Gasteiger partial charge in [-0.15, -0.1) is 0 Å². The summed E-state index contributed by atoms with van der Waals surface area (Å²) in [6.45, 7) is 8.18. The van der Waals surface area contributed by atoms with Crippen LogP contribution in [0.4, 0.5) is 0 Å². The van der Waals surface area contributed by atoms with Crippen LogP contribution in [-0.2, 0) is 0 Å². The number of H-pyrrole nitrogens is 2. The van der Waals surface area contributed by atoms with E-state index in [4.69, 9.17) is 0 Å². The monoisotopic (exact) mass is 164 g/mol. The molecule has 0 saturated carbocycles. The summed E-state index contributed by atoms with van der Waals surface area (Å²) in [5, 5.41) is 0. The molecular weight excluding hydrogens is 148 g/mol. The molecule has 0 radical (unpaired) electrons. The first kappa shape index (κ1) is 8.91. The first-order valence-electron chi connectivity index (χ1n) is 4.40. The summed E-state index contributed by atoms with van der Waals surface area (Å²) in [4.78, 5) is 6.41. The van der Waals surface area contributed by atoms with Crippen LogP contribution in [0.25, 0.3) is 11.0 Å². The summed E-state index contributed by atoms with van der Waals surface area (Å²) >= 11 is 0. The van der Waals surface area contributed by atoms with E-state index in [-0.39, 0.29) is 0 Å². The zero-order valence-electron chi connectivity index (χ0n) is 8.15. The normalized spacial score (nSPS) is 9.67. The van der Waals surface area contributed by atoms with Crippen molar-refractivity contribution in [2.45, 2.75) is 27.7 Å². The lowest BCUT2D eigenvalue weighted by atomic mass is 10.3. The van der Waals surface area contributed by atoms with Gasteiger partial charge in [-0.1, -0.05) is 13.8 Å². The molecule has 2 heteroatoms. The van der Waals surface area contributed by atoms with Gasteiger partial charge in [-0.25, -0.2) is 0 Å². The standard InChI is InChI=1S/C8H10N2.C2H6/c1-5-3-9-8-6(2)4-10-7(5)8;1-2/h3-4,9-10H,1-2H3;1-2H3. The van der Waals surface area contributed by atoms with E-state index in [0.29, 0.717) is 0 Å². The van der Waals surface area contributed by atoms with E-state index in [1.165, 1.54) is 22.2 Å². The molecule has 0 aliphatic carbocycles. The fourth-order valence-corrected chi connectivity index (χ4v) is 1.27. The molecule has 0 saturated heterocycles. The van der Waals surface area contributed by atoms with Crippen molar-refractivity contribution in [2.24, 2.45) is 0 Å². The van der Waals surface area contributed by atoms with Gasteiger partial charge < -0.3 is 9.97 Å². The van der Waals surface area contributed by atoms with Gasteiger partial charge in [0.2, 0.25) is 0 Å². The predicted molar refractivity (Wildman–Crippen MR) is 53.5 cm³/mol. The smallest absolute Gasteiger partial charge is 0.0666 e. The second-order valence-corrected chi connectivity index (χ2v) is 2.69. The van der Waals surface area contributed by atoms with Gasteiger partial charge in [0.1, 0.15) is 0 Å². The van der Waals surface area contributed by atoms with Crippen LogP contribution in [0.2, 0.25) is 0 Å². The van der Waals surface area contributed by atoms with Gasteiger partial charge in [0.15, 0.2) is 0 Å². The summed E-state index contributed by atoms with van der Waals surface area (Å²) in [5.41, 5.74) is 5.03. The van der Waals surface area contributed by atoms with E-state index in [0.717, 1.165) is 0 Å². The average Bonchev–Trinajstić information content (AvgIpc) is 2.62. The number of aromatic nitrogens is 2. The van der Waals surface area contributed by atoms with Gasteiger partial charge in [-0.2, -0.15) is 0 Å². The summed E-state index contributed by atoms with van der Waals surface area (Å²) in [5.74, 6) is 0. The molecule has 0 aromatic carbocycles. The molecule has 0 bridgehead atoms. The molecule has 2 N–H and O–H groups in total. The van der Waals surface area contributed by atoms with Crippen molar-refractivity contribution in [3.8, 4) is 0 Å². The van der Waals surface area contributed by atoms with E-state index in [1.54, 1.807) is 0 Å². The van der Waals surface area contributed by atoms with Crippen LogP contribution in [0.3, 0.4) is 0 Å². The lowest BCUT2D eigenvalue weighted by Gasteiger charge is -1.78. The van der Waals surface area contributed by atoms with Crippen LogP contribution in [0, 0.1) is 13.8 Å². The van der Waals surface area contributed by atoms with E-state index in [9.17, 15) is 0 Å². The van der Waals surface area contributed by atoms with Crippen molar-refractivity contribution in [1.29, 1.82) is 0 Å². The minimum Gasteiger partial charge on any atom is -0.359 e. The molecule has 66 valence electrons. The number of fused-ring (bicyclic) bond motifs is 1. The van der Waals surface area contributed by atoms with Crippen molar-refractivity contribution < 1.29 is 0 Å². The molecule has 2 heterocycles. The molecule has 0 atom stereocenters. The van der Waals surface area contributed by atoms with Gasteiger partial charge in [0.25, 0.3) is 0 Å². The Bertz CT molecular complexity index is 319. The molecule has 0 fully saturated rings. The minimum absolute atomic E-state index is 1.23.